The Bertz CT molecular complexity index is 1040. The van der Waals surface area contributed by atoms with E-state index in [2.05, 4.69) is 61.5 Å². The Morgan fingerprint density at radius 2 is 1.77 bits per heavy atom. The van der Waals surface area contributed by atoms with Gasteiger partial charge in [-0.3, -0.25) is 0 Å². The predicted molar refractivity (Wildman–Crippen MR) is 130 cm³/mol. The number of allylic oxidation sites excluding steroid dienone is 1. The maximum Gasteiger partial charge on any atom is 0.177 e. The quantitative estimate of drug-likeness (QED) is 0.413. The summed E-state index contributed by atoms with van der Waals surface area (Å²) in [5.41, 5.74) is 1.34. The number of hydrogen-bond acceptors (Lipinski definition) is 4. The van der Waals surface area contributed by atoms with Crippen LogP contribution < -0.4 is 5.32 Å². The summed E-state index contributed by atoms with van der Waals surface area (Å²) in [6.45, 7) is 10.8. The molecule has 0 aliphatic heterocycles. The molecule has 0 aliphatic rings. The van der Waals surface area contributed by atoms with E-state index in [4.69, 9.17) is 23.2 Å². The Hall–Kier alpha value is -2.37. The molecule has 0 unspecified atom stereocenters. The number of aromatic nitrogens is 4. The summed E-state index contributed by atoms with van der Waals surface area (Å²) in [6, 6.07) is 15.5. The fourth-order valence-electron chi connectivity index (χ4n) is 3.46. The van der Waals surface area contributed by atoms with Crippen LogP contribution in [0.15, 0.2) is 54.6 Å². The van der Waals surface area contributed by atoms with Gasteiger partial charge in [0.1, 0.15) is 0 Å². The molecule has 0 saturated heterocycles. The van der Waals surface area contributed by atoms with Crippen LogP contribution in [0.4, 0.5) is 5.69 Å². The number of benzene rings is 2. The molecule has 5 nitrogen and oxygen atoms in total. The molecule has 2 aromatic carbocycles. The molecule has 1 heterocycles. The van der Waals surface area contributed by atoms with Crippen molar-refractivity contribution in [2.75, 3.05) is 5.32 Å². The lowest BCUT2D eigenvalue weighted by Crippen LogP contribution is -2.37. The first-order chi connectivity index (χ1) is 14.6. The summed E-state index contributed by atoms with van der Waals surface area (Å²) < 4.78 is 1.92. The number of para-hydroxylation sites is 1. The Morgan fingerprint density at radius 1 is 1.06 bits per heavy atom. The molecule has 0 spiro atoms. The molecule has 0 fully saturated rings. The molecule has 1 aromatic heterocycles. The molecular formula is C24H29Cl2N5. The topological polar surface area (TPSA) is 55.6 Å². The Labute approximate surface area is 194 Å². The molecule has 3 aromatic rings. The van der Waals surface area contributed by atoms with Gasteiger partial charge in [-0.15, -0.1) is 5.10 Å². The largest absolute Gasteiger partial charge is 0.373 e. The number of halogens is 2. The lowest BCUT2D eigenvalue weighted by molar-refractivity contribution is 0.255. The van der Waals surface area contributed by atoms with Crippen LogP contribution in [0.2, 0.25) is 10.0 Å². The minimum atomic E-state index is -0.444. The van der Waals surface area contributed by atoms with Crippen LogP contribution in [-0.4, -0.2) is 20.2 Å². The standard InChI is InChI=1S/C24H29Cl2N5/c1-6-24(5,27-19-10-8-7-9-11-19)22-28-29-30-31(22)21(23(2,3)4)15-13-17-12-14-18(25)16-20(17)26/h7-16,21,27H,6H2,1-5H3/b15-13-/t21-,24+/m0/s1. The highest BCUT2D eigenvalue weighted by molar-refractivity contribution is 6.35. The SMILES string of the molecule is CC[C@@](C)(Nc1ccccc1)c1nnnn1[C@@H](/C=C\c1ccc(Cl)cc1Cl)C(C)(C)C. The van der Waals surface area contributed by atoms with Crippen molar-refractivity contribution in [1.29, 1.82) is 0 Å². The van der Waals surface area contributed by atoms with Crippen LogP contribution in [-0.2, 0) is 5.54 Å². The van der Waals surface area contributed by atoms with Gasteiger partial charge < -0.3 is 5.32 Å². The first kappa shape index (κ1) is 23.3. The van der Waals surface area contributed by atoms with E-state index in [-0.39, 0.29) is 11.5 Å². The third kappa shape index (κ3) is 5.46. The second-order valence-corrected chi connectivity index (χ2v) is 9.80. The van der Waals surface area contributed by atoms with E-state index in [1.807, 2.05) is 53.2 Å². The van der Waals surface area contributed by atoms with Gasteiger partial charge in [-0.1, -0.05) is 87.3 Å². The van der Waals surface area contributed by atoms with Gasteiger partial charge in [0.15, 0.2) is 5.82 Å². The summed E-state index contributed by atoms with van der Waals surface area (Å²) in [6.07, 6.45) is 4.92. The number of anilines is 1. The summed E-state index contributed by atoms with van der Waals surface area (Å²) in [4.78, 5) is 0. The van der Waals surface area contributed by atoms with Crippen molar-refractivity contribution >= 4 is 35.0 Å². The van der Waals surface area contributed by atoms with Crippen LogP contribution in [0.3, 0.4) is 0 Å². The van der Waals surface area contributed by atoms with E-state index < -0.39 is 5.54 Å². The smallest absolute Gasteiger partial charge is 0.177 e. The van der Waals surface area contributed by atoms with Gasteiger partial charge in [0.25, 0.3) is 0 Å². The second-order valence-electron chi connectivity index (χ2n) is 8.96. The summed E-state index contributed by atoms with van der Waals surface area (Å²) in [5, 5.41) is 17.7. The first-order valence-electron chi connectivity index (χ1n) is 10.4. The van der Waals surface area contributed by atoms with Crippen LogP contribution in [0.25, 0.3) is 6.08 Å². The number of nitrogens with zero attached hydrogens (tertiary/aromatic N) is 4. The lowest BCUT2D eigenvalue weighted by atomic mass is 9.85. The van der Waals surface area contributed by atoms with Crippen LogP contribution in [0.1, 0.15) is 58.5 Å². The third-order valence-electron chi connectivity index (χ3n) is 5.46. The summed E-state index contributed by atoms with van der Waals surface area (Å²) in [7, 11) is 0. The van der Waals surface area contributed by atoms with Gasteiger partial charge in [-0.05, 0) is 59.0 Å². The summed E-state index contributed by atoms with van der Waals surface area (Å²) in [5.74, 6) is 0.783. The highest BCUT2D eigenvalue weighted by Gasteiger charge is 2.36. The van der Waals surface area contributed by atoms with Crippen molar-refractivity contribution in [1.82, 2.24) is 20.2 Å². The highest BCUT2D eigenvalue weighted by Crippen LogP contribution is 2.36. The molecule has 0 aliphatic carbocycles. The molecule has 164 valence electrons. The van der Waals surface area contributed by atoms with E-state index in [1.165, 1.54) is 0 Å². The predicted octanol–water partition coefficient (Wildman–Crippen LogP) is 7.02. The van der Waals surface area contributed by atoms with E-state index >= 15 is 0 Å². The van der Waals surface area contributed by atoms with Crippen LogP contribution in [0, 0.1) is 5.41 Å². The van der Waals surface area contributed by atoms with Gasteiger partial charge in [0.05, 0.1) is 11.6 Å². The van der Waals surface area contributed by atoms with Crippen molar-refractivity contribution in [3.8, 4) is 0 Å². The molecule has 0 radical (unpaired) electrons. The molecule has 31 heavy (non-hydrogen) atoms. The van der Waals surface area contributed by atoms with Gasteiger partial charge >= 0.3 is 0 Å². The normalized spacial score (nSPS) is 15.1. The fraction of sp³-hybridized carbons (Fsp3) is 0.375. The average molecular weight is 458 g/mol. The number of rotatable bonds is 7. The molecule has 2 atom stereocenters. The maximum absolute atomic E-state index is 6.38. The van der Waals surface area contributed by atoms with E-state index in [9.17, 15) is 0 Å². The molecule has 1 N–H and O–H groups in total. The molecule has 7 heteroatoms. The van der Waals surface area contributed by atoms with Crippen molar-refractivity contribution in [2.24, 2.45) is 5.41 Å². The van der Waals surface area contributed by atoms with Crippen LogP contribution in [0.5, 0.6) is 0 Å². The maximum atomic E-state index is 6.38. The van der Waals surface area contributed by atoms with Crippen molar-refractivity contribution in [2.45, 2.75) is 52.6 Å². The first-order valence-corrected chi connectivity index (χ1v) is 11.1. The second kappa shape index (κ2) is 9.41. The molecule has 3 rings (SSSR count). The van der Waals surface area contributed by atoms with E-state index in [0.717, 1.165) is 23.5 Å². The number of nitrogens with one attached hydrogen (secondary N) is 1. The van der Waals surface area contributed by atoms with Crippen molar-refractivity contribution < 1.29 is 0 Å². The zero-order valence-corrected chi connectivity index (χ0v) is 20.1. The number of tetrazole rings is 1. The molecule has 0 saturated carbocycles. The molecular weight excluding hydrogens is 429 g/mol. The van der Waals surface area contributed by atoms with Gasteiger partial charge in [-0.25, -0.2) is 4.68 Å². The third-order valence-corrected chi connectivity index (χ3v) is 6.02. The lowest BCUT2D eigenvalue weighted by Gasteiger charge is -2.34. The number of hydrogen-bond donors (Lipinski definition) is 1. The van der Waals surface area contributed by atoms with Crippen molar-refractivity contribution in [3.05, 3.63) is 76.0 Å². The zero-order chi connectivity index (χ0) is 22.6. The highest BCUT2D eigenvalue weighted by atomic mass is 35.5. The fourth-order valence-corrected chi connectivity index (χ4v) is 3.93. The van der Waals surface area contributed by atoms with Crippen molar-refractivity contribution in [3.63, 3.8) is 0 Å². The monoisotopic (exact) mass is 457 g/mol. The summed E-state index contributed by atoms with van der Waals surface area (Å²) >= 11 is 12.4. The minimum Gasteiger partial charge on any atom is -0.373 e. The average Bonchev–Trinajstić information content (AvgIpc) is 3.19. The Kier molecular flexibility index (Phi) is 7.07. The van der Waals surface area contributed by atoms with E-state index in [1.54, 1.807) is 6.07 Å². The van der Waals surface area contributed by atoms with Gasteiger partial charge in [0, 0.05) is 15.7 Å². The molecule has 0 amide bonds. The minimum absolute atomic E-state index is 0.0901. The van der Waals surface area contributed by atoms with Gasteiger partial charge in [-0.2, -0.15) is 0 Å². The Morgan fingerprint density at radius 3 is 2.39 bits per heavy atom. The Balaban J connectivity index is 2.00. The molecule has 0 bridgehead atoms. The zero-order valence-electron chi connectivity index (χ0n) is 18.6. The van der Waals surface area contributed by atoms with Crippen LogP contribution >= 0.6 is 23.2 Å². The van der Waals surface area contributed by atoms with Gasteiger partial charge in [0.2, 0.25) is 0 Å². The van der Waals surface area contributed by atoms with E-state index in [0.29, 0.717) is 10.0 Å².